The SMILES string of the molecule is CC(C)(C)C(=O)Nc1cncc(-c2cc3c(-c4cc5c(-c6cc(F)cc(C(N)S(C)(=O)=O)c6)nccc5[nH]4)n[nH]c3cn2)c1. The molecular formula is C31H29FN8O3S. The van der Waals surface area contributed by atoms with Gasteiger partial charge in [-0.25, -0.2) is 12.8 Å². The average molecular weight is 613 g/mol. The number of nitrogens with two attached hydrogens (primary N) is 1. The van der Waals surface area contributed by atoms with E-state index in [9.17, 15) is 17.6 Å². The molecule has 0 aliphatic carbocycles. The van der Waals surface area contributed by atoms with Gasteiger partial charge in [-0.1, -0.05) is 20.8 Å². The number of anilines is 1. The molecule has 13 heteroatoms. The second-order valence-corrected chi connectivity index (χ2v) is 13.8. The molecule has 1 unspecified atom stereocenters. The van der Waals surface area contributed by atoms with Crippen molar-refractivity contribution in [2.45, 2.75) is 26.1 Å². The van der Waals surface area contributed by atoms with Crippen molar-refractivity contribution in [1.29, 1.82) is 0 Å². The quantitative estimate of drug-likeness (QED) is 0.195. The Labute approximate surface area is 252 Å². The van der Waals surface area contributed by atoms with Gasteiger partial charge in [0, 0.05) is 51.5 Å². The maximum absolute atomic E-state index is 14.7. The van der Waals surface area contributed by atoms with Crippen molar-refractivity contribution < 1.29 is 17.6 Å². The molecule has 0 fully saturated rings. The maximum atomic E-state index is 14.7. The summed E-state index contributed by atoms with van der Waals surface area (Å²) in [6.45, 7) is 5.51. The Morgan fingerprint density at radius 2 is 1.73 bits per heavy atom. The lowest BCUT2D eigenvalue weighted by molar-refractivity contribution is -0.123. The molecule has 11 nitrogen and oxygen atoms in total. The Hall–Kier alpha value is -5.01. The summed E-state index contributed by atoms with van der Waals surface area (Å²) in [5.74, 6) is -0.752. The first kappa shape index (κ1) is 29.1. The van der Waals surface area contributed by atoms with Gasteiger partial charge in [-0.15, -0.1) is 0 Å². The van der Waals surface area contributed by atoms with E-state index >= 15 is 0 Å². The first-order chi connectivity index (χ1) is 20.8. The summed E-state index contributed by atoms with van der Waals surface area (Å²) in [7, 11) is -3.65. The molecule has 44 heavy (non-hydrogen) atoms. The highest BCUT2D eigenvalue weighted by molar-refractivity contribution is 7.90. The van der Waals surface area contributed by atoms with Gasteiger partial charge in [0.15, 0.2) is 9.84 Å². The van der Waals surface area contributed by atoms with E-state index in [1.165, 1.54) is 12.1 Å². The van der Waals surface area contributed by atoms with Crippen molar-refractivity contribution in [2.75, 3.05) is 11.6 Å². The third-order valence-electron chi connectivity index (χ3n) is 7.21. The average Bonchev–Trinajstić information content (AvgIpc) is 3.59. The molecule has 1 atom stereocenters. The second kappa shape index (κ2) is 10.6. The predicted octanol–water partition coefficient (Wildman–Crippen LogP) is 5.36. The molecule has 0 aliphatic rings. The van der Waals surface area contributed by atoms with E-state index < -0.39 is 26.4 Å². The van der Waals surface area contributed by atoms with Gasteiger partial charge < -0.3 is 16.0 Å². The topological polar surface area (TPSA) is 172 Å². The fourth-order valence-electron chi connectivity index (χ4n) is 4.82. The Balaban J connectivity index is 1.40. The number of pyridine rings is 3. The van der Waals surface area contributed by atoms with Crippen LogP contribution in [0.3, 0.4) is 0 Å². The van der Waals surface area contributed by atoms with Crippen LogP contribution in [-0.2, 0) is 14.6 Å². The number of amides is 1. The molecule has 224 valence electrons. The molecule has 6 aromatic rings. The summed E-state index contributed by atoms with van der Waals surface area (Å²) in [6.07, 6.45) is 7.53. The largest absolute Gasteiger partial charge is 0.353 e. The number of aromatic amines is 2. The predicted molar refractivity (Wildman–Crippen MR) is 167 cm³/mol. The molecule has 6 rings (SSSR count). The van der Waals surface area contributed by atoms with Crippen LogP contribution >= 0.6 is 0 Å². The molecule has 5 aromatic heterocycles. The smallest absolute Gasteiger partial charge is 0.229 e. The fraction of sp³-hybridized carbons (Fsp3) is 0.194. The van der Waals surface area contributed by atoms with Crippen LogP contribution in [0, 0.1) is 11.2 Å². The van der Waals surface area contributed by atoms with Crippen LogP contribution in [0.1, 0.15) is 31.7 Å². The van der Waals surface area contributed by atoms with Gasteiger partial charge >= 0.3 is 0 Å². The van der Waals surface area contributed by atoms with Crippen LogP contribution in [0.15, 0.2) is 67.3 Å². The zero-order chi connectivity index (χ0) is 31.4. The number of benzene rings is 1. The van der Waals surface area contributed by atoms with Gasteiger partial charge in [0.25, 0.3) is 0 Å². The molecule has 0 spiro atoms. The minimum absolute atomic E-state index is 0.127. The number of fused-ring (bicyclic) bond motifs is 2. The van der Waals surface area contributed by atoms with E-state index in [4.69, 9.17) is 5.73 Å². The van der Waals surface area contributed by atoms with Crippen LogP contribution < -0.4 is 11.1 Å². The third kappa shape index (κ3) is 5.54. The summed E-state index contributed by atoms with van der Waals surface area (Å²) in [5.41, 5.74) is 10.9. The lowest BCUT2D eigenvalue weighted by Gasteiger charge is -2.17. The number of rotatable bonds is 6. The molecule has 5 N–H and O–H groups in total. The number of halogens is 1. The van der Waals surface area contributed by atoms with Crippen LogP contribution in [0.2, 0.25) is 0 Å². The fourth-order valence-corrected chi connectivity index (χ4v) is 5.45. The van der Waals surface area contributed by atoms with Crippen LogP contribution in [0.4, 0.5) is 10.1 Å². The molecule has 1 aromatic carbocycles. The first-order valence-corrected chi connectivity index (χ1v) is 15.6. The summed E-state index contributed by atoms with van der Waals surface area (Å²) in [6, 6.07) is 11.3. The van der Waals surface area contributed by atoms with E-state index in [1.54, 1.807) is 30.9 Å². The third-order valence-corrected chi connectivity index (χ3v) is 8.40. The number of nitrogens with one attached hydrogen (secondary N) is 3. The molecule has 0 saturated carbocycles. The molecule has 0 saturated heterocycles. The molecule has 0 aliphatic heterocycles. The summed E-state index contributed by atoms with van der Waals surface area (Å²) in [5, 5.41) is 10.5. The number of hydrogen-bond donors (Lipinski definition) is 4. The van der Waals surface area contributed by atoms with E-state index in [2.05, 4.69) is 35.5 Å². The number of aromatic nitrogens is 6. The van der Waals surface area contributed by atoms with Crippen molar-refractivity contribution in [1.82, 2.24) is 30.1 Å². The Morgan fingerprint density at radius 3 is 2.48 bits per heavy atom. The molecule has 1 amide bonds. The highest BCUT2D eigenvalue weighted by Crippen LogP contribution is 2.35. The van der Waals surface area contributed by atoms with Gasteiger partial charge in [0.05, 0.1) is 40.7 Å². The van der Waals surface area contributed by atoms with Crippen LogP contribution in [0.5, 0.6) is 0 Å². The van der Waals surface area contributed by atoms with Gasteiger partial charge in [-0.3, -0.25) is 24.8 Å². The van der Waals surface area contributed by atoms with Crippen molar-refractivity contribution in [3.05, 3.63) is 78.6 Å². The van der Waals surface area contributed by atoms with Gasteiger partial charge in [-0.2, -0.15) is 5.10 Å². The number of sulfone groups is 1. The van der Waals surface area contributed by atoms with Crippen molar-refractivity contribution in [2.24, 2.45) is 11.1 Å². The standard InChI is InChI=1S/C31H29FN8O3S/c1-31(2,3)30(41)37-20-10-18(13-34-14-20)24-11-22-26(15-36-24)39-40-28(22)25-12-21-23(38-25)5-6-35-27(21)16-7-17(9-19(32)8-16)29(33)44(4,42)43/h5-15,29,38H,33H2,1-4H3,(H,37,41)(H,39,40). The highest BCUT2D eigenvalue weighted by atomic mass is 32.2. The van der Waals surface area contributed by atoms with Gasteiger partial charge in [0.2, 0.25) is 5.91 Å². The lowest BCUT2D eigenvalue weighted by Crippen LogP contribution is -2.27. The van der Waals surface area contributed by atoms with Crippen LogP contribution in [0.25, 0.3) is 55.7 Å². The number of nitrogens with zero attached hydrogens (tertiary/aromatic N) is 4. The number of H-pyrrole nitrogens is 2. The zero-order valence-electron chi connectivity index (χ0n) is 24.3. The minimum Gasteiger partial charge on any atom is -0.353 e. The van der Waals surface area contributed by atoms with E-state index in [1.807, 2.05) is 39.0 Å². The molecule has 0 radical (unpaired) electrons. The summed E-state index contributed by atoms with van der Waals surface area (Å²) < 4.78 is 38.8. The molecule has 0 bridgehead atoms. The van der Waals surface area contributed by atoms with E-state index in [-0.39, 0.29) is 11.5 Å². The zero-order valence-corrected chi connectivity index (χ0v) is 25.1. The van der Waals surface area contributed by atoms with Gasteiger partial charge in [-0.05, 0) is 48.0 Å². The van der Waals surface area contributed by atoms with E-state index in [0.717, 1.165) is 23.2 Å². The monoisotopic (exact) mass is 612 g/mol. The Kier molecular flexibility index (Phi) is 7.01. The molecular weight excluding hydrogens is 583 g/mol. The Morgan fingerprint density at radius 1 is 0.955 bits per heavy atom. The van der Waals surface area contributed by atoms with Crippen molar-refractivity contribution >= 4 is 43.2 Å². The normalized spacial score (nSPS) is 13.0. The van der Waals surface area contributed by atoms with Crippen LogP contribution in [-0.4, -0.2) is 50.7 Å². The number of hydrogen-bond acceptors (Lipinski definition) is 8. The van der Waals surface area contributed by atoms with Gasteiger partial charge in [0.1, 0.15) is 16.9 Å². The van der Waals surface area contributed by atoms with E-state index in [0.29, 0.717) is 50.5 Å². The highest BCUT2D eigenvalue weighted by Gasteiger charge is 2.23. The number of carbonyl (C=O) groups is 1. The summed E-state index contributed by atoms with van der Waals surface area (Å²) in [4.78, 5) is 29.2. The number of carbonyl (C=O) groups excluding carboxylic acids is 1. The summed E-state index contributed by atoms with van der Waals surface area (Å²) >= 11 is 0. The second-order valence-electron chi connectivity index (χ2n) is 11.7. The van der Waals surface area contributed by atoms with Crippen molar-refractivity contribution in [3.8, 4) is 33.9 Å². The molecule has 5 heterocycles. The maximum Gasteiger partial charge on any atom is 0.229 e. The van der Waals surface area contributed by atoms with Crippen molar-refractivity contribution in [3.63, 3.8) is 0 Å². The lowest BCUT2D eigenvalue weighted by atomic mass is 9.95. The minimum atomic E-state index is -3.65. The Bertz CT molecular complexity index is 2180. The first-order valence-electron chi connectivity index (χ1n) is 13.6.